The molecule has 0 aliphatic heterocycles. The van der Waals surface area contributed by atoms with Crippen LogP contribution in [0.2, 0.25) is 0 Å². The molecule has 0 spiro atoms. The third kappa shape index (κ3) is 4.35. The molecule has 1 unspecified atom stereocenters. The summed E-state index contributed by atoms with van der Waals surface area (Å²) in [7, 11) is 0. The number of H-pyrrole nitrogens is 1. The Morgan fingerprint density at radius 1 is 1.47 bits per heavy atom. The third-order valence-electron chi connectivity index (χ3n) is 3.67. The van der Waals surface area contributed by atoms with Gasteiger partial charge in [-0.3, -0.25) is 9.89 Å². The largest absolute Gasteiger partial charge is 0.327 e. The molecular formula is C14H24N4O. The number of nitrogens with two attached hydrogens (primary N) is 1. The number of aromatic nitrogens is 2. The standard InChI is InChI=1S/C14H24N4O/c1-10(15)8-14(19)16-13-9-12(17-18-13)11-6-4-2-3-5-7-11/h9-11H,2-8,15H2,1H3,(H2,16,17,18,19). The molecule has 5 heteroatoms. The number of carbonyl (C=O) groups is 1. The highest BCUT2D eigenvalue weighted by atomic mass is 16.1. The van der Waals surface area contributed by atoms with Crippen LogP contribution in [0.3, 0.4) is 0 Å². The number of hydrogen-bond donors (Lipinski definition) is 3. The van der Waals surface area contributed by atoms with E-state index in [0.717, 1.165) is 5.69 Å². The third-order valence-corrected chi connectivity index (χ3v) is 3.67. The van der Waals surface area contributed by atoms with Gasteiger partial charge in [-0.15, -0.1) is 0 Å². The number of rotatable bonds is 4. The summed E-state index contributed by atoms with van der Waals surface area (Å²) < 4.78 is 0. The number of hydrogen-bond acceptors (Lipinski definition) is 3. The molecule has 5 nitrogen and oxygen atoms in total. The van der Waals surface area contributed by atoms with E-state index in [0.29, 0.717) is 18.2 Å². The van der Waals surface area contributed by atoms with E-state index < -0.39 is 0 Å². The van der Waals surface area contributed by atoms with E-state index in [1.165, 1.54) is 38.5 Å². The lowest BCUT2D eigenvalue weighted by atomic mass is 9.97. The molecule has 1 aromatic heterocycles. The number of amides is 1. The highest BCUT2D eigenvalue weighted by Crippen LogP contribution is 2.31. The molecule has 106 valence electrons. The minimum Gasteiger partial charge on any atom is -0.327 e. The first kappa shape index (κ1) is 14.1. The fourth-order valence-electron chi connectivity index (χ4n) is 2.69. The van der Waals surface area contributed by atoms with Gasteiger partial charge < -0.3 is 11.1 Å². The summed E-state index contributed by atoms with van der Waals surface area (Å²) in [4.78, 5) is 11.6. The van der Waals surface area contributed by atoms with Crippen LogP contribution in [0.5, 0.6) is 0 Å². The zero-order chi connectivity index (χ0) is 13.7. The molecular weight excluding hydrogens is 240 g/mol. The van der Waals surface area contributed by atoms with Crippen molar-refractivity contribution >= 4 is 11.7 Å². The van der Waals surface area contributed by atoms with Gasteiger partial charge in [-0.05, 0) is 19.8 Å². The SMILES string of the molecule is CC(N)CC(=O)Nc1cc(C2CCCCCC2)[nH]n1. The molecule has 0 radical (unpaired) electrons. The van der Waals surface area contributed by atoms with Crippen LogP contribution in [0.25, 0.3) is 0 Å². The Morgan fingerprint density at radius 3 is 2.79 bits per heavy atom. The van der Waals surface area contributed by atoms with Crippen LogP contribution < -0.4 is 11.1 Å². The molecule has 0 aromatic carbocycles. The van der Waals surface area contributed by atoms with Crippen molar-refractivity contribution in [2.45, 2.75) is 63.8 Å². The fraction of sp³-hybridized carbons (Fsp3) is 0.714. The van der Waals surface area contributed by atoms with Gasteiger partial charge in [0.1, 0.15) is 0 Å². The summed E-state index contributed by atoms with van der Waals surface area (Å²) in [6.45, 7) is 1.82. The number of aromatic amines is 1. The summed E-state index contributed by atoms with van der Waals surface area (Å²) in [6.07, 6.45) is 8.01. The van der Waals surface area contributed by atoms with Crippen molar-refractivity contribution < 1.29 is 4.79 Å². The minimum absolute atomic E-state index is 0.0751. The van der Waals surface area contributed by atoms with Crippen LogP contribution in [0.15, 0.2) is 6.07 Å². The monoisotopic (exact) mass is 264 g/mol. The van der Waals surface area contributed by atoms with Crippen molar-refractivity contribution in [1.82, 2.24) is 10.2 Å². The van der Waals surface area contributed by atoms with Gasteiger partial charge in [-0.1, -0.05) is 25.7 Å². The lowest BCUT2D eigenvalue weighted by Gasteiger charge is -2.10. The highest BCUT2D eigenvalue weighted by molar-refractivity contribution is 5.90. The Morgan fingerprint density at radius 2 is 2.16 bits per heavy atom. The van der Waals surface area contributed by atoms with E-state index in [4.69, 9.17) is 5.73 Å². The summed E-state index contributed by atoms with van der Waals surface area (Å²) in [5.74, 6) is 1.10. The van der Waals surface area contributed by atoms with Gasteiger partial charge in [0, 0.05) is 30.1 Å². The maximum absolute atomic E-state index is 11.6. The molecule has 1 aliphatic carbocycles. The van der Waals surface area contributed by atoms with Gasteiger partial charge in [-0.25, -0.2) is 0 Å². The molecule has 1 aliphatic rings. The van der Waals surface area contributed by atoms with Gasteiger partial charge in [0.05, 0.1) is 0 Å². The van der Waals surface area contributed by atoms with Gasteiger partial charge in [0.15, 0.2) is 5.82 Å². The fourth-order valence-corrected chi connectivity index (χ4v) is 2.69. The van der Waals surface area contributed by atoms with Crippen molar-refractivity contribution in [3.05, 3.63) is 11.8 Å². The molecule has 1 aromatic rings. The molecule has 19 heavy (non-hydrogen) atoms. The van der Waals surface area contributed by atoms with Crippen molar-refractivity contribution in [2.75, 3.05) is 5.32 Å². The highest BCUT2D eigenvalue weighted by Gasteiger charge is 2.17. The maximum Gasteiger partial charge on any atom is 0.227 e. The van der Waals surface area contributed by atoms with Gasteiger partial charge in [0.25, 0.3) is 0 Å². The van der Waals surface area contributed by atoms with E-state index in [-0.39, 0.29) is 11.9 Å². The molecule has 1 saturated carbocycles. The van der Waals surface area contributed by atoms with Gasteiger partial charge >= 0.3 is 0 Å². The summed E-state index contributed by atoms with van der Waals surface area (Å²) in [6, 6.07) is 1.84. The second-order valence-corrected chi connectivity index (χ2v) is 5.63. The lowest BCUT2D eigenvalue weighted by Crippen LogP contribution is -2.24. The predicted octanol–water partition coefficient (Wildman–Crippen LogP) is 2.52. The van der Waals surface area contributed by atoms with Crippen molar-refractivity contribution in [2.24, 2.45) is 5.73 Å². The van der Waals surface area contributed by atoms with Crippen molar-refractivity contribution in [1.29, 1.82) is 0 Å². The second-order valence-electron chi connectivity index (χ2n) is 5.63. The first-order valence-corrected chi connectivity index (χ1v) is 7.26. The summed E-state index contributed by atoms with van der Waals surface area (Å²) in [5.41, 5.74) is 6.75. The summed E-state index contributed by atoms with van der Waals surface area (Å²) in [5, 5.41) is 10.0. The number of anilines is 1. The van der Waals surface area contributed by atoms with Gasteiger partial charge in [-0.2, -0.15) is 5.10 Å². The average molecular weight is 264 g/mol. The molecule has 1 amide bonds. The molecule has 0 saturated heterocycles. The van der Waals surface area contributed by atoms with Crippen molar-refractivity contribution in [3.8, 4) is 0 Å². The van der Waals surface area contributed by atoms with Gasteiger partial charge in [0.2, 0.25) is 5.91 Å². The zero-order valence-electron chi connectivity index (χ0n) is 11.6. The topological polar surface area (TPSA) is 83.8 Å². The van der Waals surface area contributed by atoms with E-state index in [1.807, 2.05) is 13.0 Å². The second kappa shape index (κ2) is 6.70. The average Bonchev–Trinajstić information content (AvgIpc) is 2.63. The van der Waals surface area contributed by atoms with Crippen LogP contribution in [0.1, 0.15) is 63.5 Å². The first-order valence-electron chi connectivity index (χ1n) is 7.26. The van der Waals surface area contributed by atoms with Crippen LogP contribution in [-0.2, 0) is 4.79 Å². The molecule has 4 N–H and O–H groups in total. The van der Waals surface area contributed by atoms with E-state index in [2.05, 4.69) is 15.5 Å². The number of nitrogens with one attached hydrogen (secondary N) is 2. The first-order chi connectivity index (χ1) is 9.15. The van der Waals surface area contributed by atoms with Crippen molar-refractivity contribution in [3.63, 3.8) is 0 Å². The lowest BCUT2D eigenvalue weighted by molar-refractivity contribution is -0.116. The molecule has 1 heterocycles. The minimum atomic E-state index is -0.125. The zero-order valence-corrected chi connectivity index (χ0v) is 11.6. The quantitative estimate of drug-likeness (QED) is 0.731. The summed E-state index contributed by atoms with van der Waals surface area (Å²) >= 11 is 0. The molecule has 0 bridgehead atoms. The van der Waals surface area contributed by atoms with E-state index in [9.17, 15) is 4.79 Å². The predicted molar refractivity (Wildman–Crippen MR) is 75.9 cm³/mol. The van der Waals surface area contributed by atoms with Crippen LogP contribution in [0.4, 0.5) is 5.82 Å². The van der Waals surface area contributed by atoms with Crippen LogP contribution >= 0.6 is 0 Å². The Labute approximate surface area is 114 Å². The van der Waals surface area contributed by atoms with Crippen LogP contribution in [0, 0.1) is 0 Å². The number of carbonyl (C=O) groups excluding carboxylic acids is 1. The van der Waals surface area contributed by atoms with E-state index >= 15 is 0 Å². The normalized spacial score (nSPS) is 18.8. The Bertz CT molecular complexity index is 405. The Hall–Kier alpha value is -1.36. The van der Waals surface area contributed by atoms with Crippen LogP contribution in [-0.4, -0.2) is 22.1 Å². The maximum atomic E-state index is 11.6. The number of nitrogens with zero attached hydrogens (tertiary/aromatic N) is 1. The molecule has 2 rings (SSSR count). The van der Waals surface area contributed by atoms with E-state index in [1.54, 1.807) is 0 Å². The Balaban J connectivity index is 1.92. The smallest absolute Gasteiger partial charge is 0.227 e. The molecule has 1 fully saturated rings. The molecule has 1 atom stereocenters. The Kier molecular flexibility index (Phi) is 4.96.